The molecule has 2 aliphatic heterocycles. The van der Waals surface area contributed by atoms with E-state index >= 15 is 0 Å². The van der Waals surface area contributed by atoms with Crippen LogP contribution in [-0.4, -0.2) is 44.8 Å². The van der Waals surface area contributed by atoms with Gasteiger partial charge in [-0.2, -0.15) is 0 Å². The summed E-state index contributed by atoms with van der Waals surface area (Å²) in [5.41, 5.74) is 4.27. The lowest BCUT2D eigenvalue weighted by Crippen LogP contribution is -2.35. The molecule has 1 aromatic carbocycles. The van der Waals surface area contributed by atoms with E-state index in [-0.39, 0.29) is 0 Å². The summed E-state index contributed by atoms with van der Waals surface area (Å²) in [6, 6.07) is 8.76. The van der Waals surface area contributed by atoms with Gasteiger partial charge in [0.25, 0.3) is 0 Å². The fraction of sp³-hybridized carbons (Fsp3) is 0.529. The quantitative estimate of drug-likeness (QED) is 0.853. The van der Waals surface area contributed by atoms with Gasteiger partial charge in [0.15, 0.2) is 0 Å². The molecule has 108 valence electrons. The Morgan fingerprint density at radius 1 is 1.35 bits per heavy atom. The van der Waals surface area contributed by atoms with Gasteiger partial charge in [0.1, 0.15) is 0 Å². The van der Waals surface area contributed by atoms with Crippen molar-refractivity contribution >= 4 is 5.69 Å². The van der Waals surface area contributed by atoms with E-state index in [1.165, 1.54) is 36.3 Å². The van der Waals surface area contributed by atoms with E-state index in [0.29, 0.717) is 5.92 Å². The fourth-order valence-corrected chi connectivity index (χ4v) is 3.29. The largest absolute Gasteiger partial charge is 0.385 e. The molecule has 0 spiro atoms. The predicted molar refractivity (Wildman–Crippen MR) is 83.3 cm³/mol. The molecule has 0 aliphatic carbocycles. The van der Waals surface area contributed by atoms with Gasteiger partial charge in [-0.25, -0.2) is 0 Å². The minimum absolute atomic E-state index is 0.671. The number of benzene rings is 1. The van der Waals surface area contributed by atoms with Crippen molar-refractivity contribution < 1.29 is 4.74 Å². The first-order valence-corrected chi connectivity index (χ1v) is 7.59. The Balaban J connectivity index is 1.63. The van der Waals surface area contributed by atoms with Crippen molar-refractivity contribution in [2.75, 3.05) is 45.2 Å². The van der Waals surface area contributed by atoms with E-state index in [1.807, 2.05) is 0 Å². The van der Waals surface area contributed by atoms with Gasteiger partial charge in [-0.3, -0.25) is 4.90 Å². The van der Waals surface area contributed by atoms with E-state index in [2.05, 4.69) is 40.6 Å². The summed E-state index contributed by atoms with van der Waals surface area (Å²) in [5, 5.41) is 3.51. The van der Waals surface area contributed by atoms with E-state index < -0.39 is 0 Å². The highest BCUT2D eigenvalue weighted by Gasteiger charge is 2.22. The number of rotatable bonds is 4. The highest BCUT2D eigenvalue weighted by Crippen LogP contribution is 2.32. The molecule has 0 radical (unpaired) electrons. The van der Waals surface area contributed by atoms with Gasteiger partial charge < -0.3 is 10.1 Å². The second-order valence-electron chi connectivity index (χ2n) is 5.80. The number of nitrogens with one attached hydrogen (secondary N) is 1. The van der Waals surface area contributed by atoms with E-state index in [1.54, 1.807) is 7.11 Å². The number of nitrogens with zero attached hydrogens (tertiary/aromatic N) is 1. The zero-order valence-corrected chi connectivity index (χ0v) is 12.3. The maximum Gasteiger partial charge on any atom is 0.0673 e. The molecule has 1 atom stereocenters. The monoisotopic (exact) mass is 272 g/mol. The molecule has 3 heteroatoms. The lowest BCUT2D eigenvalue weighted by atomic mass is 9.90. The minimum atomic E-state index is 0.671. The van der Waals surface area contributed by atoms with Crippen LogP contribution in [0.5, 0.6) is 0 Å². The lowest BCUT2D eigenvalue weighted by molar-refractivity contribution is 0.208. The van der Waals surface area contributed by atoms with Crippen molar-refractivity contribution in [3.63, 3.8) is 0 Å². The van der Waals surface area contributed by atoms with Crippen LogP contribution < -0.4 is 5.32 Å². The number of methoxy groups -OCH3 is 1. The summed E-state index contributed by atoms with van der Waals surface area (Å²) in [7, 11) is 1.78. The second kappa shape index (κ2) is 6.42. The number of hydrogen-bond donors (Lipinski definition) is 1. The Morgan fingerprint density at radius 3 is 3.05 bits per heavy atom. The van der Waals surface area contributed by atoms with Gasteiger partial charge in [-0.15, -0.1) is 0 Å². The summed E-state index contributed by atoms with van der Waals surface area (Å²) in [6.07, 6.45) is 4.74. The van der Waals surface area contributed by atoms with Crippen molar-refractivity contribution in [2.24, 2.45) is 0 Å². The van der Waals surface area contributed by atoms with Crippen molar-refractivity contribution in [1.82, 2.24) is 4.90 Å². The van der Waals surface area contributed by atoms with Crippen LogP contribution in [-0.2, 0) is 4.74 Å². The first kappa shape index (κ1) is 13.7. The van der Waals surface area contributed by atoms with Crippen LogP contribution in [0.3, 0.4) is 0 Å². The number of para-hydroxylation sites is 1. The summed E-state index contributed by atoms with van der Waals surface area (Å²) in [6.45, 7) is 5.31. The van der Waals surface area contributed by atoms with Gasteiger partial charge in [0.05, 0.1) is 6.61 Å². The molecule has 0 amide bonds. The SMILES string of the molecule is COCC1=CCN(CC2CCNc3ccccc32)CC1. The Hall–Kier alpha value is -1.32. The van der Waals surface area contributed by atoms with Gasteiger partial charge >= 0.3 is 0 Å². The Kier molecular flexibility index (Phi) is 4.38. The highest BCUT2D eigenvalue weighted by molar-refractivity contribution is 5.54. The Bertz CT molecular complexity index is 484. The molecule has 0 fully saturated rings. The number of hydrogen-bond acceptors (Lipinski definition) is 3. The minimum Gasteiger partial charge on any atom is -0.385 e. The van der Waals surface area contributed by atoms with Crippen molar-refractivity contribution in [3.8, 4) is 0 Å². The van der Waals surface area contributed by atoms with E-state index in [0.717, 1.165) is 26.1 Å². The van der Waals surface area contributed by atoms with Crippen LogP contribution in [0.25, 0.3) is 0 Å². The van der Waals surface area contributed by atoms with E-state index in [9.17, 15) is 0 Å². The molecule has 0 saturated heterocycles. The molecular weight excluding hydrogens is 248 g/mol. The Morgan fingerprint density at radius 2 is 2.25 bits per heavy atom. The number of anilines is 1. The molecule has 0 saturated carbocycles. The molecule has 20 heavy (non-hydrogen) atoms. The van der Waals surface area contributed by atoms with Crippen LogP contribution in [0.4, 0.5) is 5.69 Å². The third kappa shape index (κ3) is 3.05. The summed E-state index contributed by atoms with van der Waals surface area (Å²) < 4.78 is 5.22. The molecular formula is C17H24N2O. The molecule has 3 nitrogen and oxygen atoms in total. The molecule has 2 aliphatic rings. The average Bonchev–Trinajstić information content (AvgIpc) is 2.50. The maximum absolute atomic E-state index is 5.22. The van der Waals surface area contributed by atoms with Crippen LogP contribution in [0.15, 0.2) is 35.9 Å². The number of ether oxygens (including phenoxy) is 1. The second-order valence-corrected chi connectivity index (χ2v) is 5.80. The standard InChI is InChI=1S/C17H24N2O/c1-20-13-14-7-10-19(11-8-14)12-15-6-9-18-17-5-3-2-4-16(15)17/h2-5,7,15,18H,6,8-13H2,1H3. The zero-order chi connectivity index (χ0) is 13.8. The highest BCUT2D eigenvalue weighted by atomic mass is 16.5. The molecule has 1 unspecified atom stereocenters. The zero-order valence-electron chi connectivity index (χ0n) is 12.3. The molecule has 0 aromatic heterocycles. The number of fused-ring (bicyclic) bond motifs is 1. The molecule has 2 heterocycles. The van der Waals surface area contributed by atoms with Crippen LogP contribution >= 0.6 is 0 Å². The van der Waals surface area contributed by atoms with Crippen molar-refractivity contribution in [2.45, 2.75) is 18.8 Å². The summed E-state index contributed by atoms with van der Waals surface area (Å²) in [4.78, 5) is 2.58. The third-order valence-electron chi connectivity index (χ3n) is 4.40. The van der Waals surface area contributed by atoms with Crippen LogP contribution in [0.1, 0.15) is 24.3 Å². The summed E-state index contributed by atoms with van der Waals surface area (Å²) in [5.74, 6) is 0.671. The third-order valence-corrected chi connectivity index (χ3v) is 4.40. The fourth-order valence-electron chi connectivity index (χ4n) is 3.29. The molecule has 1 N–H and O–H groups in total. The van der Waals surface area contributed by atoms with Crippen molar-refractivity contribution in [3.05, 3.63) is 41.5 Å². The average molecular weight is 272 g/mol. The summed E-state index contributed by atoms with van der Waals surface area (Å²) >= 11 is 0. The van der Waals surface area contributed by atoms with Crippen LogP contribution in [0.2, 0.25) is 0 Å². The molecule has 1 aromatic rings. The maximum atomic E-state index is 5.22. The van der Waals surface area contributed by atoms with Gasteiger partial charge in [-0.05, 0) is 30.0 Å². The van der Waals surface area contributed by atoms with E-state index in [4.69, 9.17) is 4.74 Å². The topological polar surface area (TPSA) is 24.5 Å². The van der Waals surface area contributed by atoms with Crippen molar-refractivity contribution in [1.29, 1.82) is 0 Å². The normalized spacial score (nSPS) is 22.9. The Labute approximate surface area is 121 Å². The molecule has 0 bridgehead atoms. The van der Waals surface area contributed by atoms with Gasteiger partial charge in [0.2, 0.25) is 0 Å². The lowest BCUT2D eigenvalue weighted by Gasteiger charge is -2.33. The molecule has 3 rings (SSSR count). The predicted octanol–water partition coefficient (Wildman–Crippen LogP) is 2.86. The van der Waals surface area contributed by atoms with Gasteiger partial charge in [-0.1, -0.05) is 24.3 Å². The van der Waals surface area contributed by atoms with Crippen LogP contribution in [0, 0.1) is 0 Å². The van der Waals surface area contributed by atoms with Gasteiger partial charge in [0, 0.05) is 44.9 Å². The smallest absolute Gasteiger partial charge is 0.0673 e. The first-order chi connectivity index (χ1) is 9.86. The first-order valence-electron chi connectivity index (χ1n) is 7.59.